The lowest BCUT2D eigenvalue weighted by atomic mass is 9.90. The number of β-amino-alcohol motifs (C(OH)–C–C–N with tert-alkyl or cyclic N) is 1. The maximum atomic E-state index is 12.8. The molecule has 0 amide bonds. The van der Waals surface area contributed by atoms with Crippen molar-refractivity contribution in [1.29, 1.82) is 0 Å². The van der Waals surface area contributed by atoms with Gasteiger partial charge in [-0.1, -0.05) is 13.8 Å². The third-order valence-corrected chi connectivity index (χ3v) is 6.37. The smallest absolute Gasteiger partial charge is 0.290 e. The summed E-state index contributed by atoms with van der Waals surface area (Å²) in [4.78, 5) is 14.7. The molecule has 2 aliphatic rings. The highest BCUT2D eigenvalue weighted by Gasteiger charge is 2.40. The maximum Gasteiger partial charge on any atom is 0.290 e. The zero-order chi connectivity index (χ0) is 21.3. The van der Waals surface area contributed by atoms with E-state index in [0.717, 1.165) is 29.5 Å². The van der Waals surface area contributed by atoms with Crippen LogP contribution in [-0.4, -0.2) is 49.9 Å². The SMILES string of the molecule is Cn1nc(-c2n[nH]c3ccc(OC4(C)CC4)cc23)cc(N2C[C@H](O)C(C)(C)C2)c1=O. The second-order valence-electron chi connectivity index (χ2n) is 9.56. The molecule has 0 bridgehead atoms. The topological polar surface area (TPSA) is 96.3 Å². The third-order valence-electron chi connectivity index (χ3n) is 6.37. The van der Waals surface area contributed by atoms with Crippen molar-refractivity contribution in [2.24, 2.45) is 12.5 Å². The first kappa shape index (κ1) is 19.1. The standard InChI is InChI=1S/C22H27N5O3/c1-21(2)12-27(11-18(21)28)17-10-16(25-26(4)20(17)29)19-14-9-13(30-22(3)7-8-22)5-6-15(14)23-24-19/h5-6,9-10,18,28H,7-8,11-12H2,1-4H3,(H,23,24)/t18-/m0/s1. The molecule has 30 heavy (non-hydrogen) atoms. The van der Waals surface area contributed by atoms with Crippen LogP contribution in [0.4, 0.5) is 5.69 Å². The molecule has 0 spiro atoms. The lowest BCUT2D eigenvalue weighted by Crippen LogP contribution is -2.32. The van der Waals surface area contributed by atoms with Crippen LogP contribution < -0.4 is 15.2 Å². The van der Waals surface area contributed by atoms with Crippen molar-refractivity contribution in [3.63, 3.8) is 0 Å². The molecule has 1 aromatic carbocycles. The molecule has 0 radical (unpaired) electrons. The molecule has 3 aromatic rings. The number of benzene rings is 1. The Morgan fingerprint density at radius 1 is 1.23 bits per heavy atom. The summed E-state index contributed by atoms with van der Waals surface area (Å²) in [5.41, 5.74) is 2.16. The number of aromatic amines is 1. The molecule has 2 aromatic heterocycles. The monoisotopic (exact) mass is 409 g/mol. The number of hydrogen-bond donors (Lipinski definition) is 2. The quantitative estimate of drug-likeness (QED) is 0.687. The van der Waals surface area contributed by atoms with Crippen LogP contribution >= 0.6 is 0 Å². The fourth-order valence-corrected chi connectivity index (χ4v) is 4.05. The summed E-state index contributed by atoms with van der Waals surface area (Å²) in [6.07, 6.45) is 1.63. The maximum absolute atomic E-state index is 12.8. The highest BCUT2D eigenvalue weighted by Crippen LogP contribution is 2.40. The molecule has 2 fully saturated rings. The van der Waals surface area contributed by atoms with E-state index in [-0.39, 0.29) is 16.6 Å². The van der Waals surface area contributed by atoms with Gasteiger partial charge in [0, 0.05) is 30.9 Å². The predicted octanol–water partition coefficient (Wildman–Crippen LogP) is 2.46. The van der Waals surface area contributed by atoms with Gasteiger partial charge in [-0.3, -0.25) is 9.89 Å². The number of nitrogens with zero attached hydrogens (tertiary/aromatic N) is 4. The summed E-state index contributed by atoms with van der Waals surface area (Å²) in [5, 5.41) is 23.3. The molecular weight excluding hydrogens is 382 g/mol. The molecule has 5 rings (SSSR count). The second-order valence-corrected chi connectivity index (χ2v) is 9.56. The van der Waals surface area contributed by atoms with Crippen LogP contribution in [0.5, 0.6) is 5.75 Å². The minimum Gasteiger partial charge on any atom is -0.488 e. The molecular formula is C22H27N5O3. The van der Waals surface area contributed by atoms with Gasteiger partial charge in [-0.25, -0.2) is 4.68 Å². The Morgan fingerprint density at radius 2 is 2.00 bits per heavy atom. The Morgan fingerprint density at radius 3 is 2.67 bits per heavy atom. The van der Waals surface area contributed by atoms with Crippen molar-refractivity contribution in [1.82, 2.24) is 20.0 Å². The van der Waals surface area contributed by atoms with Crippen LogP contribution in [0, 0.1) is 5.41 Å². The summed E-state index contributed by atoms with van der Waals surface area (Å²) in [6.45, 7) is 7.15. The van der Waals surface area contributed by atoms with E-state index in [1.807, 2.05) is 36.9 Å². The van der Waals surface area contributed by atoms with Crippen LogP contribution in [0.2, 0.25) is 0 Å². The van der Waals surface area contributed by atoms with E-state index in [9.17, 15) is 9.90 Å². The number of nitrogens with one attached hydrogen (secondary N) is 1. The van der Waals surface area contributed by atoms with Gasteiger partial charge in [0.05, 0.1) is 11.6 Å². The molecule has 8 heteroatoms. The summed E-state index contributed by atoms with van der Waals surface area (Å²) < 4.78 is 7.45. The average molecular weight is 409 g/mol. The first-order valence-corrected chi connectivity index (χ1v) is 10.3. The fraction of sp³-hybridized carbons (Fsp3) is 0.500. The van der Waals surface area contributed by atoms with Crippen molar-refractivity contribution in [2.75, 3.05) is 18.0 Å². The van der Waals surface area contributed by atoms with Gasteiger partial charge in [0.25, 0.3) is 5.56 Å². The van der Waals surface area contributed by atoms with Gasteiger partial charge < -0.3 is 14.7 Å². The molecule has 1 saturated heterocycles. The molecule has 1 aliphatic heterocycles. The number of aliphatic hydroxyl groups excluding tert-OH is 1. The summed E-state index contributed by atoms with van der Waals surface area (Å²) in [7, 11) is 1.64. The largest absolute Gasteiger partial charge is 0.488 e. The molecule has 158 valence electrons. The number of aliphatic hydroxyl groups is 1. The Hall–Kier alpha value is -2.87. The Labute approximate surface area is 174 Å². The second kappa shape index (κ2) is 6.31. The number of H-pyrrole nitrogens is 1. The number of aromatic nitrogens is 4. The predicted molar refractivity (Wildman–Crippen MR) is 115 cm³/mol. The van der Waals surface area contributed by atoms with Gasteiger partial charge in [-0.15, -0.1) is 0 Å². The zero-order valence-corrected chi connectivity index (χ0v) is 17.8. The number of rotatable bonds is 4. The van der Waals surface area contributed by atoms with Crippen LogP contribution in [0.15, 0.2) is 29.1 Å². The molecule has 1 saturated carbocycles. The minimum atomic E-state index is -0.492. The zero-order valence-electron chi connectivity index (χ0n) is 17.8. The summed E-state index contributed by atoms with van der Waals surface area (Å²) >= 11 is 0. The van der Waals surface area contributed by atoms with Crippen LogP contribution in [-0.2, 0) is 7.05 Å². The van der Waals surface area contributed by atoms with Crippen LogP contribution in [0.25, 0.3) is 22.3 Å². The van der Waals surface area contributed by atoms with E-state index in [1.165, 1.54) is 4.68 Å². The van der Waals surface area contributed by atoms with Crippen molar-refractivity contribution < 1.29 is 9.84 Å². The average Bonchev–Trinajstić information content (AvgIpc) is 3.14. The van der Waals surface area contributed by atoms with Gasteiger partial charge in [0.1, 0.15) is 28.4 Å². The number of hydrogen-bond acceptors (Lipinski definition) is 6. The lowest BCUT2D eigenvalue weighted by molar-refractivity contribution is 0.0964. The number of aryl methyl sites for hydroxylation is 1. The van der Waals surface area contributed by atoms with Gasteiger partial charge >= 0.3 is 0 Å². The van der Waals surface area contributed by atoms with Crippen molar-refractivity contribution in [3.8, 4) is 17.1 Å². The normalized spacial score (nSPS) is 21.9. The van der Waals surface area contributed by atoms with Crippen molar-refractivity contribution in [3.05, 3.63) is 34.6 Å². The minimum absolute atomic E-state index is 0.0664. The fourth-order valence-electron chi connectivity index (χ4n) is 4.05. The van der Waals surface area contributed by atoms with Crippen molar-refractivity contribution in [2.45, 2.75) is 45.3 Å². The van der Waals surface area contributed by atoms with Gasteiger partial charge in [0.15, 0.2) is 0 Å². The van der Waals surface area contributed by atoms with Crippen LogP contribution in [0.1, 0.15) is 33.6 Å². The van der Waals surface area contributed by atoms with E-state index in [0.29, 0.717) is 30.2 Å². The molecule has 2 N–H and O–H groups in total. The number of fused-ring (bicyclic) bond motifs is 1. The van der Waals surface area contributed by atoms with E-state index < -0.39 is 6.10 Å². The Bertz CT molecular complexity index is 1190. The van der Waals surface area contributed by atoms with Gasteiger partial charge in [0.2, 0.25) is 0 Å². The summed E-state index contributed by atoms with van der Waals surface area (Å²) in [5.74, 6) is 0.805. The molecule has 1 aliphatic carbocycles. The van der Waals surface area contributed by atoms with E-state index >= 15 is 0 Å². The van der Waals surface area contributed by atoms with Gasteiger partial charge in [-0.05, 0) is 44.0 Å². The van der Waals surface area contributed by atoms with E-state index in [4.69, 9.17) is 4.74 Å². The lowest BCUT2D eigenvalue weighted by Gasteiger charge is -2.22. The number of ether oxygens (including phenoxy) is 1. The highest BCUT2D eigenvalue weighted by molar-refractivity contribution is 5.93. The summed E-state index contributed by atoms with van der Waals surface area (Å²) in [6, 6.07) is 7.66. The van der Waals surface area contributed by atoms with Crippen molar-refractivity contribution >= 4 is 16.6 Å². The molecule has 1 atom stereocenters. The van der Waals surface area contributed by atoms with E-state index in [1.54, 1.807) is 13.1 Å². The molecule has 0 unspecified atom stereocenters. The first-order chi connectivity index (χ1) is 14.2. The molecule has 8 nitrogen and oxygen atoms in total. The Balaban J connectivity index is 1.57. The number of anilines is 1. The first-order valence-electron chi connectivity index (χ1n) is 10.3. The van der Waals surface area contributed by atoms with E-state index in [2.05, 4.69) is 22.2 Å². The van der Waals surface area contributed by atoms with Gasteiger partial charge in [-0.2, -0.15) is 10.2 Å². The Kier molecular flexibility index (Phi) is 4.02. The third kappa shape index (κ3) is 3.15. The highest BCUT2D eigenvalue weighted by atomic mass is 16.5. The molecule has 3 heterocycles. The van der Waals surface area contributed by atoms with Crippen LogP contribution in [0.3, 0.4) is 0 Å².